The minimum Gasteiger partial charge on any atom is -0.477 e. The van der Waals surface area contributed by atoms with E-state index < -0.39 is 11.5 Å². The van der Waals surface area contributed by atoms with E-state index in [4.69, 9.17) is 5.11 Å². The number of aromatic amines is 1. The SMILES string of the molecule is CC(=O)Nc1ccc(-n2cc(C(=O)O)c(=O)[nH]2)cc1. The molecule has 0 saturated carbocycles. The maximum Gasteiger partial charge on any atom is 0.342 e. The van der Waals surface area contributed by atoms with Crippen molar-refractivity contribution in [3.8, 4) is 5.69 Å². The lowest BCUT2D eigenvalue weighted by molar-refractivity contribution is -0.114. The van der Waals surface area contributed by atoms with Gasteiger partial charge in [0.2, 0.25) is 5.91 Å². The topological polar surface area (TPSA) is 104 Å². The van der Waals surface area contributed by atoms with Gasteiger partial charge in [0.25, 0.3) is 5.56 Å². The van der Waals surface area contributed by atoms with Gasteiger partial charge in [0, 0.05) is 18.8 Å². The predicted molar refractivity (Wildman–Crippen MR) is 67.7 cm³/mol. The van der Waals surface area contributed by atoms with Crippen LogP contribution in [0.5, 0.6) is 0 Å². The molecule has 0 saturated heterocycles. The van der Waals surface area contributed by atoms with E-state index in [1.165, 1.54) is 17.8 Å². The molecule has 2 aromatic rings. The van der Waals surface area contributed by atoms with E-state index in [1.54, 1.807) is 24.3 Å². The standard InChI is InChI=1S/C12H11N3O4/c1-7(16)13-8-2-4-9(5-3-8)15-6-10(12(18)19)11(17)14-15/h2-6H,1H3,(H,13,16)(H,14,17)(H,18,19). The Balaban J connectivity index is 2.32. The molecule has 0 aliphatic carbocycles. The molecule has 0 atom stereocenters. The second kappa shape index (κ2) is 4.81. The summed E-state index contributed by atoms with van der Waals surface area (Å²) in [5.41, 5.74) is 0.201. The summed E-state index contributed by atoms with van der Waals surface area (Å²) in [6.07, 6.45) is 1.21. The van der Waals surface area contributed by atoms with Crippen molar-refractivity contribution in [2.24, 2.45) is 0 Å². The number of carboxylic acids is 1. The fourth-order valence-corrected chi connectivity index (χ4v) is 1.59. The number of nitrogens with one attached hydrogen (secondary N) is 2. The van der Waals surface area contributed by atoms with Crippen molar-refractivity contribution in [1.82, 2.24) is 9.78 Å². The Morgan fingerprint density at radius 2 is 1.89 bits per heavy atom. The van der Waals surface area contributed by atoms with Gasteiger partial charge < -0.3 is 10.4 Å². The number of carbonyl (C=O) groups excluding carboxylic acids is 1. The van der Waals surface area contributed by atoms with Crippen LogP contribution in [0.1, 0.15) is 17.3 Å². The molecular weight excluding hydrogens is 250 g/mol. The Hall–Kier alpha value is -2.83. The summed E-state index contributed by atoms with van der Waals surface area (Å²) >= 11 is 0. The number of carbonyl (C=O) groups is 2. The van der Waals surface area contributed by atoms with Gasteiger partial charge in [-0.15, -0.1) is 0 Å². The van der Waals surface area contributed by atoms with E-state index in [-0.39, 0.29) is 11.5 Å². The summed E-state index contributed by atoms with van der Waals surface area (Å²) in [6, 6.07) is 6.59. The molecule has 1 amide bonds. The molecule has 0 aliphatic heterocycles. The number of amides is 1. The van der Waals surface area contributed by atoms with Crippen LogP contribution in [0.2, 0.25) is 0 Å². The van der Waals surface area contributed by atoms with Crippen LogP contribution in [-0.4, -0.2) is 26.8 Å². The minimum absolute atomic E-state index is 0.185. The predicted octanol–water partition coefficient (Wildman–Crippen LogP) is 0.822. The normalized spacial score (nSPS) is 10.2. The molecule has 3 N–H and O–H groups in total. The van der Waals surface area contributed by atoms with Crippen molar-refractivity contribution in [1.29, 1.82) is 0 Å². The fraction of sp³-hybridized carbons (Fsp3) is 0.0833. The summed E-state index contributed by atoms with van der Waals surface area (Å²) in [4.78, 5) is 33.0. The Morgan fingerprint density at radius 3 is 2.37 bits per heavy atom. The molecule has 0 fully saturated rings. The van der Waals surface area contributed by atoms with Crippen LogP contribution in [0.3, 0.4) is 0 Å². The van der Waals surface area contributed by atoms with E-state index in [0.29, 0.717) is 11.4 Å². The van der Waals surface area contributed by atoms with E-state index in [9.17, 15) is 14.4 Å². The number of hydrogen-bond donors (Lipinski definition) is 3. The minimum atomic E-state index is -1.28. The van der Waals surface area contributed by atoms with Gasteiger partial charge in [-0.3, -0.25) is 19.4 Å². The first kappa shape index (κ1) is 12.6. The number of carboxylic acid groups (broad SMARTS) is 1. The van der Waals surface area contributed by atoms with Crippen molar-refractivity contribution in [3.05, 3.63) is 46.4 Å². The average molecular weight is 261 g/mol. The molecular formula is C12H11N3O4. The van der Waals surface area contributed by atoms with Gasteiger partial charge in [-0.25, -0.2) is 4.79 Å². The number of rotatable bonds is 3. The third-order valence-electron chi connectivity index (χ3n) is 2.42. The molecule has 7 nitrogen and oxygen atoms in total. The Kier molecular flexibility index (Phi) is 3.19. The summed E-state index contributed by atoms with van der Waals surface area (Å²) in [5.74, 6) is -1.47. The molecule has 2 rings (SSSR count). The van der Waals surface area contributed by atoms with Crippen molar-refractivity contribution >= 4 is 17.6 Å². The fourth-order valence-electron chi connectivity index (χ4n) is 1.59. The van der Waals surface area contributed by atoms with Crippen molar-refractivity contribution in [2.75, 3.05) is 5.32 Å². The van der Waals surface area contributed by atoms with Gasteiger partial charge in [-0.05, 0) is 24.3 Å². The van der Waals surface area contributed by atoms with Gasteiger partial charge >= 0.3 is 5.97 Å². The Morgan fingerprint density at radius 1 is 1.26 bits per heavy atom. The average Bonchev–Trinajstić information content (AvgIpc) is 2.71. The van der Waals surface area contributed by atoms with Crippen LogP contribution in [0.25, 0.3) is 5.69 Å². The third-order valence-corrected chi connectivity index (χ3v) is 2.42. The van der Waals surface area contributed by atoms with Crippen LogP contribution >= 0.6 is 0 Å². The molecule has 0 spiro atoms. The maximum absolute atomic E-state index is 11.4. The number of benzene rings is 1. The van der Waals surface area contributed by atoms with Gasteiger partial charge in [-0.1, -0.05) is 0 Å². The lowest BCUT2D eigenvalue weighted by atomic mass is 10.3. The number of H-pyrrole nitrogens is 1. The van der Waals surface area contributed by atoms with Crippen molar-refractivity contribution in [2.45, 2.75) is 6.92 Å². The monoisotopic (exact) mass is 261 g/mol. The molecule has 0 radical (unpaired) electrons. The van der Waals surface area contributed by atoms with E-state index >= 15 is 0 Å². The molecule has 1 aromatic heterocycles. The zero-order valence-electron chi connectivity index (χ0n) is 10.0. The van der Waals surface area contributed by atoms with Crippen LogP contribution in [0, 0.1) is 0 Å². The maximum atomic E-state index is 11.4. The number of anilines is 1. The zero-order valence-corrected chi connectivity index (χ0v) is 10.0. The number of nitrogens with zero attached hydrogens (tertiary/aromatic N) is 1. The van der Waals surface area contributed by atoms with Crippen LogP contribution < -0.4 is 10.9 Å². The van der Waals surface area contributed by atoms with E-state index in [2.05, 4.69) is 10.4 Å². The molecule has 19 heavy (non-hydrogen) atoms. The molecule has 98 valence electrons. The van der Waals surface area contributed by atoms with Gasteiger partial charge in [0.1, 0.15) is 5.56 Å². The van der Waals surface area contributed by atoms with Crippen LogP contribution in [0.4, 0.5) is 5.69 Å². The zero-order chi connectivity index (χ0) is 14.0. The second-order valence-corrected chi connectivity index (χ2v) is 3.89. The van der Waals surface area contributed by atoms with E-state index in [0.717, 1.165) is 0 Å². The molecule has 7 heteroatoms. The first-order chi connectivity index (χ1) is 8.97. The molecule has 1 aromatic carbocycles. The van der Waals surface area contributed by atoms with E-state index in [1.807, 2.05) is 0 Å². The van der Waals surface area contributed by atoms with Gasteiger partial charge in [0.05, 0.1) is 5.69 Å². The molecule has 1 heterocycles. The molecule has 0 unspecified atom stereocenters. The van der Waals surface area contributed by atoms with Crippen LogP contribution in [-0.2, 0) is 4.79 Å². The quantitative estimate of drug-likeness (QED) is 0.760. The number of hydrogen-bond acceptors (Lipinski definition) is 3. The second-order valence-electron chi connectivity index (χ2n) is 3.89. The molecule has 0 bridgehead atoms. The first-order valence-corrected chi connectivity index (χ1v) is 5.40. The lowest BCUT2D eigenvalue weighted by Crippen LogP contribution is -2.11. The van der Waals surface area contributed by atoms with Crippen molar-refractivity contribution < 1.29 is 14.7 Å². The summed E-state index contributed by atoms with van der Waals surface area (Å²) in [5, 5.41) is 13.8. The highest BCUT2D eigenvalue weighted by Gasteiger charge is 2.12. The highest BCUT2D eigenvalue weighted by atomic mass is 16.4. The largest absolute Gasteiger partial charge is 0.477 e. The Bertz CT molecular complexity index is 682. The molecule has 0 aliphatic rings. The smallest absolute Gasteiger partial charge is 0.342 e. The number of aromatic carboxylic acids is 1. The summed E-state index contributed by atoms with van der Waals surface area (Å²) in [6.45, 7) is 1.40. The number of aromatic nitrogens is 2. The summed E-state index contributed by atoms with van der Waals surface area (Å²) < 4.78 is 1.31. The van der Waals surface area contributed by atoms with Gasteiger partial charge in [0.15, 0.2) is 0 Å². The van der Waals surface area contributed by atoms with Crippen molar-refractivity contribution in [3.63, 3.8) is 0 Å². The highest BCUT2D eigenvalue weighted by molar-refractivity contribution is 5.88. The first-order valence-electron chi connectivity index (χ1n) is 5.40. The summed E-state index contributed by atoms with van der Waals surface area (Å²) in [7, 11) is 0. The highest BCUT2D eigenvalue weighted by Crippen LogP contribution is 2.12. The Labute approximate surface area is 107 Å². The van der Waals surface area contributed by atoms with Crippen LogP contribution in [0.15, 0.2) is 35.3 Å². The lowest BCUT2D eigenvalue weighted by Gasteiger charge is -2.04. The van der Waals surface area contributed by atoms with Gasteiger partial charge in [-0.2, -0.15) is 0 Å². The third kappa shape index (κ3) is 2.71.